The highest BCUT2D eigenvalue weighted by Gasteiger charge is 2.17. The molecule has 1 N–H and O–H groups in total. The lowest BCUT2D eigenvalue weighted by atomic mass is 9.98. The molecule has 0 bridgehead atoms. The molecule has 4 aromatic rings. The van der Waals surface area contributed by atoms with Gasteiger partial charge >= 0.3 is 0 Å². The molecule has 4 rings (SSSR count). The Morgan fingerprint density at radius 3 is 2.26 bits per heavy atom. The number of benzene rings is 3. The van der Waals surface area contributed by atoms with Crippen LogP contribution < -0.4 is 14.8 Å². The van der Waals surface area contributed by atoms with Crippen LogP contribution >= 0.6 is 0 Å². The summed E-state index contributed by atoms with van der Waals surface area (Å²) in [5.41, 5.74) is 2.70. The van der Waals surface area contributed by atoms with Crippen LogP contribution in [-0.4, -0.2) is 29.8 Å². The van der Waals surface area contributed by atoms with E-state index in [1.54, 1.807) is 31.4 Å². The molecule has 0 unspecified atom stereocenters. The summed E-state index contributed by atoms with van der Waals surface area (Å²) in [6, 6.07) is 24.2. The van der Waals surface area contributed by atoms with Crippen molar-refractivity contribution in [3.05, 3.63) is 96.4 Å². The number of aromatic nitrogens is 2. The minimum absolute atomic E-state index is 0.112. The third kappa shape index (κ3) is 5.08. The monoisotopic (exact) mass is 415 g/mol. The van der Waals surface area contributed by atoms with Gasteiger partial charge in [-0.1, -0.05) is 42.5 Å². The summed E-state index contributed by atoms with van der Waals surface area (Å²) in [4.78, 5) is 12.7. The van der Waals surface area contributed by atoms with Crippen molar-refractivity contribution in [3.63, 3.8) is 0 Å². The van der Waals surface area contributed by atoms with Gasteiger partial charge in [-0.3, -0.25) is 4.79 Å². The molecule has 0 aliphatic heterocycles. The van der Waals surface area contributed by atoms with Crippen molar-refractivity contribution in [1.82, 2.24) is 15.5 Å². The van der Waals surface area contributed by atoms with Crippen LogP contribution in [0, 0.1) is 0 Å². The van der Waals surface area contributed by atoms with Crippen molar-refractivity contribution in [2.45, 2.75) is 6.04 Å². The van der Waals surface area contributed by atoms with Gasteiger partial charge in [-0.05, 0) is 47.5 Å². The van der Waals surface area contributed by atoms with Gasteiger partial charge in [-0.25, -0.2) is 0 Å². The van der Waals surface area contributed by atoms with E-state index in [-0.39, 0.29) is 18.6 Å². The van der Waals surface area contributed by atoms with Crippen LogP contribution in [0.2, 0.25) is 0 Å². The molecule has 31 heavy (non-hydrogen) atoms. The number of rotatable bonds is 8. The van der Waals surface area contributed by atoms with E-state index in [9.17, 15) is 4.79 Å². The van der Waals surface area contributed by atoms with E-state index >= 15 is 0 Å². The molecule has 0 radical (unpaired) electrons. The molecule has 3 aromatic carbocycles. The first-order valence-corrected chi connectivity index (χ1v) is 9.70. The van der Waals surface area contributed by atoms with Gasteiger partial charge in [-0.2, -0.15) is 0 Å². The number of methoxy groups -OCH3 is 1. The molecule has 0 spiro atoms. The third-order valence-electron chi connectivity index (χ3n) is 4.72. The molecule has 0 aliphatic carbocycles. The Morgan fingerprint density at radius 2 is 1.61 bits per heavy atom. The van der Waals surface area contributed by atoms with Crippen LogP contribution in [-0.2, 0) is 4.79 Å². The van der Waals surface area contributed by atoms with Crippen molar-refractivity contribution in [2.24, 2.45) is 0 Å². The Morgan fingerprint density at radius 1 is 0.935 bits per heavy atom. The zero-order valence-corrected chi connectivity index (χ0v) is 16.9. The summed E-state index contributed by atoms with van der Waals surface area (Å²) >= 11 is 0. The first-order valence-electron chi connectivity index (χ1n) is 9.70. The summed E-state index contributed by atoms with van der Waals surface area (Å²) in [5, 5.41) is 10.6. The molecule has 0 aliphatic rings. The van der Waals surface area contributed by atoms with Crippen LogP contribution in [0.15, 0.2) is 89.7 Å². The molecule has 0 fully saturated rings. The lowest BCUT2D eigenvalue weighted by Crippen LogP contribution is -2.33. The average molecular weight is 415 g/mol. The van der Waals surface area contributed by atoms with Gasteiger partial charge in [0.15, 0.2) is 6.61 Å². The quantitative estimate of drug-likeness (QED) is 0.468. The summed E-state index contributed by atoms with van der Waals surface area (Å²) in [6.07, 6.45) is 1.27. The van der Waals surface area contributed by atoms with Crippen LogP contribution in [0.5, 0.6) is 11.5 Å². The SMILES string of the molecule is COc1ccc([C@H](NC(=O)COc2ccc(-c3nnco3)cc2)c2ccccc2)cc1. The lowest BCUT2D eigenvalue weighted by molar-refractivity contribution is -0.123. The van der Waals surface area contributed by atoms with E-state index < -0.39 is 0 Å². The average Bonchev–Trinajstić information content (AvgIpc) is 3.37. The fourth-order valence-electron chi connectivity index (χ4n) is 3.15. The normalized spacial score (nSPS) is 11.5. The molecular formula is C24H21N3O4. The topological polar surface area (TPSA) is 86.5 Å². The smallest absolute Gasteiger partial charge is 0.258 e. The molecule has 1 aromatic heterocycles. The van der Waals surface area contributed by atoms with Crippen molar-refractivity contribution >= 4 is 5.91 Å². The number of ether oxygens (including phenoxy) is 2. The van der Waals surface area contributed by atoms with Crippen LogP contribution in [0.1, 0.15) is 17.2 Å². The Labute approximate surface area is 179 Å². The molecule has 7 nitrogen and oxygen atoms in total. The molecular weight excluding hydrogens is 394 g/mol. The molecule has 0 saturated heterocycles. The second kappa shape index (κ2) is 9.58. The number of carbonyl (C=O) groups excluding carboxylic acids is 1. The van der Waals surface area contributed by atoms with Gasteiger partial charge in [-0.15, -0.1) is 10.2 Å². The first kappa shape index (κ1) is 20.2. The van der Waals surface area contributed by atoms with E-state index in [0.717, 1.165) is 22.4 Å². The molecule has 7 heteroatoms. The second-order valence-corrected chi connectivity index (χ2v) is 6.74. The predicted octanol–water partition coefficient (Wildman–Crippen LogP) is 4.03. The van der Waals surface area contributed by atoms with E-state index in [1.807, 2.05) is 54.6 Å². The van der Waals surface area contributed by atoms with Gasteiger partial charge in [0.2, 0.25) is 12.3 Å². The number of nitrogens with zero attached hydrogens (tertiary/aromatic N) is 2. The van der Waals surface area contributed by atoms with E-state index in [1.165, 1.54) is 6.39 Å². The van der Waals surface area contributed by atoms with Crippen molar-refractivity contribution in [3.8, 4) is 23.0 Å². The predicted molar refractivity (Wildman–Crippen MR) is 115 cm³/mol. The Bertz CT molecular complexity index is 1100. The summed E-state index contributed by atoms with van der Waals surface area (Å²) in [6.45, 7) is -0.112. The zero-order valence-electron chi connectivity index (χ0n) is 16.9. The summed E-state index contributed by atoms with van der Waals surface area (Å²) in [5.74, 6) is 1.52. The van der Waals surface area contributed by atoms with Gasteiger partial charge in [0.25, 0.3) is 5.91 Å². The van der Waals surface area contributed by atoms with Gasteiger partial charge in [0.1, 0.15) is 11.5 Å². The van der Waals surface area contributed by atoms with Gasteiger partial charge in [0, 0.05) is 5.56 Å². The second-order valence-electron chi connectivity index (χ2n) is 6.74. The standard InChI is InChI=1S/C24H21N3O4/c1-29-20-11-7-18(8-12-20)23(17-5-3-2-4-6-17)26-22(28)15-30-21-13-9-19(10-14-21)24-27-25-16-31-24/h2-14,16,23H,15H2,1H3,(H,26,28)/t23-/m1/s1. The molecule has 156 valence electrons. The Hall–Kier alpha value is -4.13. The minimum Gasteiger partial charge on any atom is -0.497 e. The van der Waals surface area contributed by atoms with Crippen molar-refractivity contribution in [2.75, 3.05) is 13.7 Å². The van der Waals surface area contributed by atoms with Crippen LogP contribution in [0.25, 0.3) is 11.5 Å². The maximum Gasteiger partial charge on any atom is 0.258 e. The maximum atomic E-state index is 12.7. The molecule has 1 amide bonds. The van der Waals surface area contributed by atoms with Gasteiger partial charge in [0.05, 0.1) is 13.2 Å². The third-order valence-corrected chi connectivity index (χ3v) is 4.72. The Kier molecular flexibility index (Phi) is 6.23. The van der Waals surface area contributed by atoms with Crippen molar-refractivity contribution in [1.29, 1.82) is 0 Å². The lowest BCUT2D eigenvalue weighted by Gasteiger charge is -2.20. The number of hydrogen-bond donors (Lipinski definition) is 1. The number of carbonyl (C=O) groups is 1. The highest BCUT2D eigenvalue weighted by Crippen LogP contribution is 2.24. The van der Waals surface area contributed by atoms with E-state index in [4.69, 9.17) is 13.9 Å². The summed E-state index contributed by atoms with van der Waals surface area (Å²) < 4.78 is 16.1. The fourth-order valence-corrected chi connectivity index (χ4v) is 3.15. The molecule has 1 atom stereocenters. The minimum atomic E-state index is -0.303. The molecule has 0 saturated carbocycles. The number of hydrogen-bond acceptors (Lipinski definition) is 6. The van der Waals surface area contributed by atoms with Crippen LogP contribution in [0.3, 0.4) is 0 Å². The highest BCUT2D eigenvalue weighted by atomic mass is 16.5. The largest absolute Gasteiger partial charge is 0.497 e. The van der Waals surface area contributed by atoms with E-state index in [2.05, 4.69) is 15.5 Å². The highest BCUT2D eigenvalue weighted by molar-refractivity contribution is 5.78. The Balaban J connectivity index is 1.42. The molecule has 1 heterocycles. The maximum absolute atomic E-state index is 12.7. The van der Waals surface area contributed by atoms with Gasteiger partial charge < -0.3 is 19.2 Å². The van der Waals surface area contributed by atoms with Crippen molar-refractivity contribution < 1.29 is 18.7 Å². The van der Waals surface area contributed by atoms with Crippen LogP contribution in [0.4, 0.5) is 0 Å². The summed E-state index contributed by atoms with van der Waals surface area (Å²) in [7, 11) is 1.62. The first-order chi connectivity index (χ1) is 15.2. The number of amides is 1. The zero-order chi connectivity index (χ0) is 21.5. The fraction of sp³-hybridized carbons (Fsp3) is 0.125. The van der Waals surface area contributed by atoms with E-state index in [0.29, 0.717) is 11.6 Å². The number of nitrogens with one attached hydrogen (secondary N) is 1.